The van der Waals surface area contributed by atoms with Crippen molar-refractivity contribution >= 4 is 27.7 Å². The third-order valence-corrected chi connectivity index (χ3v) is 7.11. The zero-order valence-corrected chi connectivity index (χ0v) is 18.8. The summed E-state index contributed by atoms with van der Waals surface area (Å²) in [6.07, 6.45) is 0.350. The quantitative estimate of drug-likeness (QED) is 0.710. The van der Waals surface area contributed by atoms with E-state index in [9.17, 15) is 22.4 Å². The molecule has 2 aromatic carbocycles. The van der Waals surface area contributed by atoms with Crippen LogP contribution >= 0.6 is 0 Å². The highest BCUT2D eigenvalue weighted by atomic mass is 32.2. The Morgan fingerprint density at radius 2 is 1.69 bits per heavy atom. The third-order valence-electron chi connectivity index (χ3n) is 5.20. The molecule has 10 heteroatoms. The number of rotatable bonds is 6. The minimum absolute atomic E-state index is 0.000783. The van der Waals surface area contributed by atoms with Gasteiger partial charge in [0.2, 0.25) is 10.0 Å². The number of piperazine rings is 1. The molecular formula is C22H26FN3O5S. The van der Waals surface area contributed by atoms with E-state index in [0.717, 1.165) is 28.4 Å². The smallest absolute Gasteiger partial charge is 0.409 e. The maximum atomic E-state index is 14.5. The summed E-state index contributed by atoms with van der Waals surface area (Å²) in [5.41, 5.74) is 1.69. The van der Waals surface area contributed by atoms with E-state index in [1.165, 1.54) is 11.0 Å². The van der Waals surface area contributed by atoms with Gasteiger partial charge in [0.15, 0.2) is 0 Å². The second-order valence-corrected chi connectivity index (χ2v) is 9.15. The lowest BCUT2D eigenvalue weighted by Gasteiger charge is -2.33. The van der Waals surface area contributed by atoms with Crippen molar-refractivity contribution < 1.29 is 27.1 Å². The summed E-state index contributed by atoms with van der Waals surface area (Å²) >= 11 is 0. The summed E-state index contributed by atoms with van der Waals surface area (Å²) < 4.78 is 46.6. The van der Waals surface area contributed by atoms with Crippen LogP contribution in [-0.4, -0.2) is 62.4 Å². The van der Waals surface area contributed by atoms with Crippen LogP contribution in [0.5, 0.6) is 0 Å². The first-order valence-electron chi connectivity index (χ1n) is 10.4. The van der Waals surface area contributed by atoms with Gasteiger partial charge in [-0.1, -0.05) is 19.1 Å². The van der Waals surface area contributed by atoms with Crippen LogP contribution in [0.3, 0.4) is 0 Å². The van der Waals surface area contributed by atoms with Gasteiger partial charge in [-0.15, -0.1) is 0 Å². The van der Waals surface area contributed by atoms with Gasteiger partial charge in [-0.25, -0.2) is 17.6 Å². The lowest BCUT2D eigenvalue weighted by Crippen LogP contribution is -2.50. The van der Waals surface area contributed by atoms with Gasteiger partial charge in [0, 0.05) is 37.4 Å². The number of benzene rings is 2. The lowest BCUT2D eigenvalue weighted by atomic mass is 10.1. The molecule has 3 rings (SSSR count). The molecule has 0 saturated carbocycles. The Balaban J connectivity index is 1.75. The van der Waals surface area contributed by atoms with Crippen molar-refractivity contribution in [2.24, 2.45) is 0 Å². The van der Waals surface area contributed by atoms with Gasteiger partial charge in [-0.3, -0.25) is 4.79 Å². The number of nitrogens with zero attached hydrogens (tertiary/aromatic N) is 2. The number of anilines is 1. The molecule has 1 aliphatic heterocycles. The van der Waals surface area contributed by atoms with E-state index in [0.29, 0.717) is 5.69 Å². The van der Waals surface area contributed by atoms with E-state index in [4.69, 9.17) is 4.74 Å². The monoisotopic (exact) mass is 463 g/mol. The number of carbonyl (C=O) groups excluding carboxylic acids is 2. The Hall–Kier alpha value is -2.98. The van der Waals surface area contributed by atoms with Crippen molar-refractivity contribution in [1.82, 2.24) is 9.21 Å². The third kappa shape index (κ3) is 5.25. The zero-order chi connectivity index (χ0) is 23.3. The topological polar surface area (TPSA) is 96.0 Å². The summed E-state index contributed by atoms with van der Waals surface area (Å²) in [7, 11) is -4.19. The van der Waals surface area contributed by atoms with E-state index in [-0.39, 0.29) is 38.3 Å². The van der Waals surface area contributed by atoms with E-state index in [1.54, 1.807) is 19.1 Å². The van der Waals surface area contributed by atoms with Crippen LogP contribution in [0.25, 0.3) is 0 Å². The second-order valence-electron chi connectivity index (χ2n) is 7.24. The average molecular weight is 464 g/mol. The largest absolute Gasteiger partial charge is 0.450 e. The van der Waals surface area contributed by atoms with Gasteiger partial charge in [0.1, 0.15) is 10.7 Å². The van der Waals surface area contributed by atoms with Gasteiger partial charge in [0.25, 0.3) is 5.91 Å². The van der Waals surface area contributed by atoms with Crippen LogP contribution in [-0.2, 0) is 21.2 Å². The molecule has 1 N–H and O–H groups in total. The van der Waals surface area contributed by atoms with Gasteiger partial charge in [-0.2, -0.15) is 4.31 Å². The number of amides is 2. The Bertz CT molecular complexity index is 1080. The summed E-state index contributed by atoms with van der Waals surface area (Å²) in [4.78, 5) is 25.3. The highest BCUT2D eigenvalue weighted by Crippen LogP contribution is 2.23. The van der Waals surface area contributed by atoms with Crippen molar-refractivity contribution in [2.75, 3.05) is 38.1 Å². The van der Waals surface area contributed by atoms with Crippen molar-refractivity contribution in [3.63, 3.8) is 0 Å². The van der Waals surface area contributed by atoms with Crippen LogP contribution in [0.1, 0.15) is 29.8 Å². The number of ether oxygens (including phenoxy) is 1. The Morgan fingerprint density at radius 1 is 1.03 bits per heavy atom. The molecule has 0 aliphatic carbocycles. The number of carbonyl (C=O) groups is 2. The van der Waals surface area contributed by atoms with Crippen molar-refractivity contribution in [3.05, 3.63) is 59.4 Å². The molecule has 1 aliphatic rings. The molecule has 1 heterocycles. The maximum absolute atomic E-state index is 14.5. The fourth-order valence-electron chi connectivity index (χ4n) is 3.33. The van der Waals surface area contributed by atoms with Gasteiger partial charge >= 0.3 is 6.09 Å². The molecule has 1 fully saturated rings. The number of hydrogen-bond donors (Lipinski definition) is 1. The fourth-order valence-corrected chi connectivity index (χ4v) is 4.85. The van der Waals surface area contributed by atoms with E-state index in [2.05, 4.69) is 5.32 Å². The minimum atomic E-state index is -4.19. The van der Waals surface area contributed by atoms with Crippen molar-refractivity contribution in [1.29, 1.82) is 0 Å². The first-order chi connectivity index (χ1) is 15.3. The Morgan fingerprint density at radius 3 is 2.28 bits per heavy atom. The first kappa shape index (κ1) is 23.7. The molecular weight excluding hydrogens is 437 g/mol. The molecule has 0 spiro atoms. The Kier molecular flexibility index (Phi) is 7.47. The SMILES string of the molecule is CCOC(=O)N1CCN(S(=O)(=O)c2cc(C(=O)Nc3ccc(CC)cc3)ccc2F)CC1. The van der Waals surface area contributed by atoms with Gasteiger partial charge < -0.3 is 15.0 Å². The van der Waals surface area contributed by atoms with Crippen molar-refractivity contribution in [3.8, 4) is 0 Å². The predicted octanol–water partition coefficient (Wildman–Crippen LogP) is 3.10. The highest BCUT2D eigenvalue weighted by Gasteiger charge is 2.32. The predicted molar refractivity (Wildman–Crippen MR) is 118 cm³/mol. The molecule has 2 aromatic rings. The van der Waals surface area contributed by atoms with E-state index < -0.39 is 32.7 Å². The average Bonchev–Trinajstić information content (AvgIpc) is 2.80. The normalized spacial score (nSPS) is 14.8. The zero-order valence-electron chi connectivity index (χ0n) is 18.0. The fraction of sp³-hybridized carbons (Fsp3) is 0.364. The molecule has 0 bridgehead atoms. The van der Waals surface area contributed by atoms with Gasteiger partial charge in [0.05, 0.1) is 6.61 Å². The van der Waals surface area contributed by atoms with Crippen molar-refractivity contribution in [2.45, 2.75) is 25.2 Å². The van der Waals surface area contributed by atoms with Crippen LogP contribution in [0.4, 0.5) is 14.9 Å². The van der Waals surface area contributed by atoms with E-state index in [1.807, 2.05) is 19.1 Å². The molecule has 32 heavy (non-hydrogen) atoms. The number of hydrogen-bond acceptors (Lipinski definition) is 5. The number of nitrogens with one attached hydrogen (secondary N) is 1. The highest BCUT2D eigenvalue weighted by molar-refractivity contribution is 7.89. The van der Waals surface area contributed by atoms with Crippen LogP contribution in [0, 0.1) is 5.82 Å². The second kappa shape index (κ2) is 10.1. The molecule has 2 amide bonds. The first-order valence-corrected chi connectivity index (χ1v) is 11.8. The van der Waals surface area contributed by atoms with Crippen LogP contribution in [0.15, 0.2) is 47.4 Å². The standard InChI is InChI=1S/C22H26FN3O5S/c1-3-16-5-8-18(9-6-16)24-21(27)17-7-10-19(23)20(15-17)32(29,30)26-13-11-25(12-14-26)22(28)31-4-2/h5-10,15H,3-4,11-14H2,1-2H3,(H,24,27). The number of aryl methyl sites for hydroxylation is 1. The number of sulfonamides is 1. The summed E-state index contributed by atoms with van der Waals surface area (Å²) in [5, 5.41) is 2.69. The van der Waals surface area contributed by atoms with Crippen LogP contribution in [0.2, 0.25) is 0 Å². The number of halogens is 1. The summed E-state index contributed by atoms with van der Waals surface area (Å²) in [6.45, 7) is 4.19. The molecule has 0 unspecified atom stereocenters. The van der Waals surface area contributed by atoms with E-state index >= 15 is 0 Å². The van der Waals surface area contributed by atoms with Gasteiger partial charge in [-0.05, 0) is 49.2 Å². The lowest BCUT2D eigenvalue weighted by molar-refractivity contribution is 0.0933. The minimum Gasteiger partial charge on any atom is -0.450 e. The molecule has 0 aromatic heterocycles. The molecule has 1 saturated heterocycles. The molecule has 8 nitrogen and oxygen atoms in total. The molecule has 0 atom stereocenters. The summed E-state index contributed by atoms with van der Waals surface area (Å²) in [5.74, 6) is -1.49. The maximum Gasteiger partial charge on any atom is 0.409 e. The van der Waals surface area contributed by atoms with Crippen LogP contribution < -0.4 is 5.32 Å². The molecule has 0 radical (unpaired) electrons. The molecule has 172 valence electrons. The summed E-state index contributed by atoms with van der Waals surface area (Å²) in [6, 6.07) is 10.5. The Labute approximate surface area is 187 Å².